The molecule has 2 N–H and O–H groups in total. The first-order valence-electron chi connectivity index (χ1n) is 11.7. The predicted molar refractivity (Wildman–Crippen MR) is 127 cm³/mol. The molecule has 0 bridgehead atoms. The first-order chi connectivity index (χ1) is 15.8. The summed E-state index contributed by atoms with van der Waals surface area (Å²) in [7, 11) is 0. The number of alkyl halides is 2. The minimum Gasteiger partial charge on any atom is -0.353 e. The second kappa shape index (κ2) is 9.76. The van der Waals surface area contributed by atoms with Gasteiger partial charge in [0.1, 0.15) is 5.78 Å². The van der Waals surface area contributed by atoms with Crippen LogP contribution in [0.5, 0.6) is 0 Å². The van der Waals surface area contributed by atoms with Gasteiger partial charge in [0, 0.05) is 42.2 Å². The van der Waals surface area contributed by atoms with E-state index in [1.54, 1.807) is 37.3 Å². The van der Waals surface area contributed by atoms with E-state index in [1.165, 1.54) is 13.8 Å². The van der Waals surface area contributed by atoms with Gasteiger partial charge in [-0.3, -0.25) is 14.4 Å². The predicted octanol–water partition coefficient (Wildman–Crippen LogP) is 5.17. The molecule has 0 aliphatic heterocycles. The van der Waals surface area contributed by atoms with E-state index in [4.69, 9.17) is 11.6 Å². The van der Waals surface area contributed by atoms with Gasteiger partial charge in [-0.2, -0.15) is 0 Å². The molecule has 8 heteroatoms. The number of nitrogens with one attached hydrogen (secondary N) is 2. The second-order valence-electron chi connectivity index (χ2n) is 10.1. The number of rotatable bonds is 8. The quantitative estimate of drug-likeness (QED) is 0.489. The zero-order valence-corrected chi connectivity index (χ0v) is 20.7. The smallest absolute Gasteiger partial charge is 0.248 e. The van der Waals surface area contributed by atoms with Crippen molar-refractivity contribution in [2.75, 3.05) is 0 Å². The van der Waals surface area contributed by atoms with Crippen LogP contribution in [-0.2, 0) is 19.9 Å². The zero-order chi connectivity index (χ0) is 25.3. The van der Waals surface area contributed by atoms with Crippen molar-refractivity contribution >= 4 is 29.2 Å². The van der Waals surface area contributed by atoms with Crippen molar-refractivity contribution in [2.24, 2.45) is 17.3 Å². The fourth-order valence-electron chi connectivity index (χ4n) is 5.77. The summed E-state index contributed by atoms with van der Waals surface area (Å²) < 4.78 is 28.6. The van der Waals surface area contributed by atoms with Gasteiger partial charge in [-0.1, -0.05) is 36.7 Å². The molecule has 5 nitrogen and oxygen atoms in total. The normalized spacial score (nSPS) is 29.8. The van der Waals surface area contributed by atoms with Crippen LogP contribution in [0.4, 0.5) is 8.78 Å². The molecule has 2 amide bonds. The van der Waals surface area contributed by atoms with Gasteiger partial charge in [-0.25, -0.2) is 8.78 Å². The maximum Gasteiger partial charge on any atom is 0.248 e. The molecule has 1 aromatic rings. The van der Waals surface area contributed by atoms with Crippen LogP contribution in [0.2, 0.25) is 5.02 Å². The molecule has 0 radical (unpaired) electrons. The van der Waals surface area contributed by atoms with Crippen LogP contribution in [0, 0.1) is 17.3 Å². The summed E-state index contributed by atoms with van der Waals surface area (Å²) in [4.78, 5) is 37.9. The maximum atomic E-state index is 14.3. The third-order valence-electron chi connectivity index (χ3n) is 7.77. The van der Waals surface area contributed by atoms with E-state index in [1.807, 2.05) is 0 Å². The molecule has 0 spiro atoms. The van der Waals surface area contributed by atoms with E-state index in [-0.39, 0.29) is 49.7 Å². The first kappa shape index (κ1) is 26.3. The lowest BCUT2D eigenvalue weighted by Crippen LogP contribution is -2.52. The summed E-state index contributed by atoms with van der Waals surface area (Å²) in [5.41, 5.74) is -1.34. The Labute approximate surface area is 204 Å². The van der Waals surface area contributed by atoms with Crippen LogP contribution in [0.1, 0.15) is 64.9 Å². The molecule has 2 fully saturated rings. The highest BCUT2D eigenvalue weighted by molar-refractivity contribution is 6.30. The molecule has 0 saturated heterocycles. The Morgan fingerprint density at radius 2 is 1.97 bits per heavy atom. The first-order valence-corrected chi connectivity index (χ1v) is 12.1. The molecule has 2 saturated carbocycles. The van der Waals surface area contributed by atoms with Crippen molar-refractivity contribution in [2.45, 2.75) is 76.8 Å². The average Bonchev–Trinajstić information content (AvgIpc) is 3.27. The molecule has 2 aliphatic carbocycles. The fraction of sp³-hybridized carbons (Fsp3) is 0.577. The number of Topliss-reactive ketones (excluding diaryl/α,β-unsaturated/α-hetero) is 1. The number of amides is 2. The molecular formula is C26H33ClF2N2O3. The Hall–Kier alpha value is -2.28. The molecule has 3 rings (SSSR count). The van der Waals surface area contributed by atoms with E-state index >= 15 is 0 Å². The van der Waals surface area contributed by atoms with E-state index in [0.717, 1.165) is 0 Å². The number of carbonyl (C=O) groups excluding carboxylic acids is 3. The number of hydrogen-bond acceptors (Lipinski definition) is 3. The number of hydrogen-bond donors (Lipinski definition) is 2. The third kappa shape index (κ3) is 5.19. The second-order valence-corrected chi connectivity index (χ2v) is 10.6. The van der Waals surface area contributed by atoms with Crippen LogP contribution in [-0.4, -0.2) is 29.6 Å². The summed E-state index contributed by atoms with van der Waals surface area (Å²) in [5, 5.41) is 6.39. The van der Waals surface area contributed by atoms with Gasteiger partial charge < -0.3 is 10.6 Å². The Kier molecular flexibility index (Phi) is 7.56. The van der Waals surface area contributed by atoms with Crippen molar-refractivity contribution < 1.29 is 23.2 Å². The van der Waals surface area contributed by atoms with E-state index in [0.29, 0.717) is 17.0 Å². The highest BCUT2D eigenvalue weighted by Gasteiger charge is 2.53. The molecule has 2 aliphatic rings. The van der Waals surface area contributed by atoms with Crippen LogP contribution in [0.25, 0.3) is 0 Å². The van der Waals surface area contributed by atoms with Gasteiger partial charge >= 0.3 is 0 Å². The van der Waals surface area contributed by atoms with Crippen molar-refractivity contribution in [3.05, 3.63) is 47.5 Å². The van der Waals surface area contributed by atoms with Gasteiger partial charge in [0.15, 0.2) is 0 Å². The van der Waals surface area contributed by atoms with Gasteiger partial charge in [-0.05, 0) is 56.2 Å². The number of halogens is 3. The maximum absolute atomic E-state index is 14.3. The van der Waals surface area contributed by atoms with E-state index in [9.17, 15) is 23.2 Å². The monoisotopic (exact) mass is 494 g/mol. The summed E-state index contributed by atoms with van der Waals surface area (Å²) in [6.07, 6.45) is 2.10. The fourth-order valence-corrected chi connectivity index (χ4v) is 5.96. The lowest BCUT2D eigenvalue weighted by Gasteiger charge is -2.41. The van der Waals surface area contributed by atoms with Crippen LogP contribution >= 0.6 is 11.6 Å². The molecule has 0 aromatic heterocycles. The lowest BCUT2D eigenvalue weighted by molar-refractivity contribution is -0.129. The molecule has 5 atom stereocenters. The third-order valence-corrected chi connectivity index (χ3v) is 8.00. The Bertz CT molecular complexity index is 985. The Balaban J connectivity index is 1.98. The van der Waals surface area contributed by atoms with Crippen molar-refractivity contribution in [3.63, 3.8) is 0 Å². The number of ketones is 1. The van der Waals surface area contributed by atoms with Gasteiger partial charge in [0.25, 0.3) is 0 Å². The molecule has 1 unspecified atom stereocenters. The SMILES string of the molecule is C=CC[C@@](NC(=O)[C@H]1CC(NC(C)=O)[C@](C)(C(C)=O)C1)(c1cccc(Cl)c1)[C@H]1CCC(F)(F)C1. The number of carbonyl (C=O) groups is 3. The van der Waals surface area contributed by atoms with Gasteiger partial charge in [0.05, 0.1) is 5.54 Å². The average molecular weight is 495 g/mol. The molecule has 34 heavy (non-hydrogen) atoms. The molecular weight excluding hydrogens is 462 g/mol. The minimum atomic E-state index is -2.81. The Morgan fingerprint density at radius 1 is 1.26 bits per heavy atom. The largest absolute Gasteiger partial charge is 0.353 e. The van der Waals surface area contributed by atoms with Crippen LogP contribution in [0.3, 0.4) is 0 Å². The van der Waals surface area contributed by atoms with Crippen molar-refractivity contribution in [3.8, 4) is 0 Å². The standard InChI is InChI=1S/C26H33ClF2N2O3/c1-5-10-26(19-7-6-8-21(27)13-19,20-9-11-25(28,29)15-20)31-23(34)18-12-22(30-17(3)33)24(4,14-18)16(2)32/h5-8,13,18,20,22H,1,9-12,14-15H2,2-4H3,(H,30,33)(H,31,34)/t18-,20-,22?,24-,26+/m0/s1. The van der Waals surface area contributed by atoms with Crippen molar-refractivity contribution in [1.29, 1.82) is 0 Å². The summed E-state index contributed by atoms with van der Waals surface area (Å²) >= 11 is 6.25. The highest BCUT2D eigenvalue weighted by atomic mass is 35.5. The van der Waals surface area contributed by atoms with Gasteiger partial charge in [-0.15, -0.1) is 6.58 Å². The molecule has 0 heterocycles. The Morgan fingerprint density at radius 3 is 2.50 bits per heavy atom. The van der Waals surface area contributed by atoms with Gasteiger partial charge in [0.2, 0.25) is 17.7 Å². The summed E-state index contributed by atoms with van der Waals surface area (Å²) in [6.45, 7) is 8.43. The molecule has 186 valence electrons. The zero-order valence-electron chi connectivity index (χ0n) is 19.9. The van der Waals surface area contributed by atoms with E-state index < -0.39 is 34.8 Å². The van der Waals surface area contributed by atoms with Crippen LogP contribution < -0.4 is 10.6 Å². The molecule has 1 aromatic carbocycles. The topological polar surface area (TPSA) is 75.3 Å². The van der Waals surface area contributed by atoms with E-state index in [2.05, 4.69) is 17.2 Å². The lowest BCUT2D eigenvalue weighted by atomic mass is 9.74. The summed E-state index contributed by atoms with van der Waals surface area (Å²) in [5.74, 6) is -4.59. The summed E-state index contributed by atoms with van der Waals surface area (Å²) in [6, 6.07) is 6.46. The number of benzene rings is 1. The van der Waals surface area contributed by atoms with Crippen molar-refractivity contribution in [1.82, 2.24) is 10.6 Å². The highest BCUT2D eigenvalue weighted by Crippen LogP contribution is 2.50. The van der Waals surface area contributed by atoms with Crippen LogP contribution in [0.15, 0.2) is 36.9 Å². The minimum absolute atomic E-state index is 0.107.